The summed E-state index contributed by atoms with van der Waals surface area (Å²) in [5.74, 6) is -0.184. The molecule has 1 aromatic rings. The minimum Gasteiger partial charge on any atom is -0.375 e. The van der Waals surface area contributed by atoms with E-state index in [2.05, 4.69) is 4.90 Å². The van der Waals surface area contributed by atoms with Gasteiger partial charge in [0.05, 0.1) is 12.7 Å². The van der Waals surface area contributed by atoms with Crippen LogP contribution in [-0.2, 0) is 17.8 Å². The lowest BCUT2D eigenvalue weighted by atomic mass is 9.90. The summed E-state index contributed by atoms with van der Waals surface area (Å²) in [5.41, 5.74) is 7.52. The molecule has 4 heteroatoms. The predicted octanol–water partition coefficient (Wildman–Crippen LogP) is 2.43. The highest BCUT2D eigenvalue weighted by molar-refractivity contribution is 5.24. The van der Waals surface area contributed by atoms with Crippen molar-refractivity contribution < 1.29 is 9.13 Å². The Morgan fingerprint density at radius 3 is 2.85 bits per heavy atom. The smallest absolute Gasteiger partial charge is 0.123 e. The molecular weight excluding hydrogens is 255 g/mol. The maximum absolute atomic E-state index is 13.6. The molecule has 2 aliphatic rings. The van der Waals surface area contributed by atoms with Crippen molar-refractivity contribution in [2.45, 2.75) is 50.9 Å². The Bertz CT molecular complexity index is 464. The minimum atomic E-state index is -0.184. The molecule has 0 aromatic heterocycles. The number of fused-ring (bicyclic) bond motifs is 1. The lowest BCUT2D eigenvalue weighted by Gasteiger charge is -2.43. The van der Waals surface area contributed by atoms with E-state index < -0.39 is 0 Å². The zero-order chi connectivity index (χ0) is 13.9. The Morgan fingerprint density at radius 2 is 2.00 bits per heavy atom. The molecule has 0 amide bonds. The van der Waals surface area contributed by atoms with E-state index in [1.54, 1.807) is 6.07 Å². The van der Waals surface area contributed by atoms with Crippen molar-refractivity contribution in [1.82, 2.24) is 4.90 Å². The zero-order valence-electron chi connectivity index (χ0n) is 11.9. The summed E-state index contributed by atoms with van der Waals surface area (Å²) in [5, 5.41) is 0. The van der Waals surface area contributed by atoms with Gasteiger partial charge in [-0.1, -0.05) is 18.9 Å². The molecule has 1 saturated heterocycles. The van der Waals surface area contributed by atoms with Crippen molar-refractivity contribution in [2.24, 2.45) is 5.73 Å². The number of benzene rings is 1. The Balaban J connectivity index is 1.74. The number of nitrogens with two attached hydrogens (primary N) is 1. The van der Waals surface area contributed by atoms with Crippen LogP contribution in [0.1, 0.15) is 36.8 Å². The third-order valence-corrected chi connectivity index (χ3v) is 4.49. The van der Waals surface area contributed by atoms with Gasteiger partial charge in [-0.3, -0.25) is 4.90 Å². The van der Waals surface area contributed by atoms with Gasteiger partial charge < -0.3 is 10.5 Å². The van der Waals surface area contributed by atoms with E-state index in [-0.39, 0.29) is 5.82 Å². The first-order chi connectivity index (χ1) is 9.76. The van der Waals surface area contributed by atoms with E-state index in [1.165, 1.54) is 31.7 Å². The van der Waals surface area contributed by atoms with Gasteiger partial charge in [0.15, 0.2) is 0 Å². The lowest BCUT2D eigenvalue weighted by Crippen LogP contribution is -2.52. The van der Waals surface area contributed by atoms with Gasteiger partial charge in [-0.2, -0.15) is 0 Å². The number of ether oxygens (including phenoxy) is 1. The Kier molecular flexibility index (Phi) is 4.34. The van der Waals surface area contributed by atoms with Crippen molar-refractivity contribution in [3.8, 4) is 0 Å². The second-order valence-corrected chi connectivity index (χ2v) is 5.90. The Labute approximate surface area is 119 Å². The van der Waals surface area contributed by atoms with Crippen LogP contribution in [0.25, 0.3) is 0 Å². The largest absolute Gasteiger partial charge is 0.375 e. The fourth-order valence-corrected chi connectivity index (χ4v) is 3.53. The molecule has 0 bridgehead atoms. The first-order valence-electron chi connectivity index (χ1n) is 7.60. The summed E-state index contributed by atoms with van der Waals surface area (Å²) in [7, 11) is 0. The molecule has 3 rings (SSSR count). The van der Waals surface area contributed by atoms with Gasteiger partial charge in [-0.25, -0.2) is 4.39 Å². The van der Waals surface area contributed by atoms with Crippen LogP contribution in [-0.4, -0.2) is 30.2 Å². The van der Waals surface area contributed by atoms with E-state index in [0.717, 1.165) is 30.8 Å². The molecule has 20 heavy (non-hydrogen) atoms. The first kappa shape index (κ1) is 14.0. The number of hydrogen-bond donors (Lipinski definition) is 1. The second-order valence-electron chi connectivity index (χ2n) is 5.90. The van der Waals surface area contributed by atoms with Crippen LogP contribution < -0.4 is 5.73 Å². The maximum atomic E-state index is 13.6. The van der Waals surface area contributed by atoms with Crippen LogP contribution in [0, 0.1) is 5.82 Å². The van der Waals surface area contributed by atoms with E-state index in [1.807, 2.05) is 6.07 Å². The van der Waals surface area contributed by atoms with Gasteiger partial charge in [0, 0.05) is 25.7 Å². The minimum absolute atomic E-state index is 0.184. The fraction of sp³-hybridized carbons (Fsp3) is 0.625. The molecule has 0 radical (unpaired) electrons. The van der Waals surface area contributed by atoms with Gasteiger partial charge in [-0.05, 0) is 36.1 Å². The van der Waals surface area contributed by atoms with Crippen LogP contribution in [0.5, 0.6) is 0 Å². The molecule has 1 aromatic carbocycles. The number of halogens is 1. The molecule has 0 spiro atoms. The third kappa shape index (κ3) is 3.03. The van der Waals surface area contributed by atoms with Crippen molar-refractivity contribution in [1.29, 1.82) is 0 Å². The van der Waals surface area contributed by atoms with Crippen molar-refractivity contribution >= 4 is 0 Å². The summed E-state index contributed by atoms with van der Waals surface area (Å²) < 4.78 is 19.5. The highest BCUT2D eigenvalue weighted by Gasteiger charge is 2.33. The molecule has 2 N–H and O–H groups in total. The van der Waals surface area contributed by atoms with E-state index in [4.69, 9.17) is 10.5 Å². The molecule has 2 atom stereocenters. The third-order valence-electron chi connectivity index (χ3n) is 4.49. The zero-order valence-corrected chi connectivity index (χ0v) is 11.9. The molecule has 2 fully saturated rings. The molecule has 1 aliphatic carbocycles. The SMILES string of the molecule is NCc1cc(F)cc(CN2CCOC3CCCCC32)c1. The summed E-state index contributed by atoms with van der Waals surface area (Å²) in [6, 6.07) is 5.68. The molecule has 1 saturated carbocycles. The van der Waals surface area contributed by atoms with Crippen molar-refractivity contribution in [2.75, 3.05) is 13.2 Å². The van der Waals surface area contributed by atoms with Crippen LogP contribution in [0.4, 0.5) is 4.39 Å². The number of nitrogens with zero attached hydrogens (tertiary/aromatic N) is 1. The summed E-state index contributed by atoms with van der Waals surface area (Å²) >= 11 is 0. The summed E-state index contributed by atoms with van der Waals surface area (Å²) in [4.78, 5) is 2.46. The van der Waals surface area contributed by atoms with Gasteiger partial charge in [-0.15, -0.1) is 0 Å². The molecule has 2 unspecified atom stereocenters. The van der Waals surface area contributed by atoms with Gasteiger partial charge >= 0.3 is 0 Å². The Hall–Kier alpha value is -0.970. The number of hydrogen-bond acceptors (Lipinski definition) is 3. The van der Waals surface area contributed by atoms with E-state index in [9.17, 15) is 4.39 Å². The topological polar surface area (TPSA) is 38.5 Å². The predicted molar refractivity (Wildman–Crippen MR) is 76.7 cm³/mol. The summed E-state index contributed by atoms with van der Waals surface area (Å²) in [6.07, 6.45) is 5.28. The van der Waals surface area contributed by atoms with E-state index >= 15 is 0 Å². The Morgan fingerprint density at radius 1 is 1.20 bits per heavy atom. The molecule has 110 valence electrons. The van der Waals surface area contributed by atoms with Gasteiger partial charge in [0.2, 0.25) is 0 Å². The molecule has 1 heterocycles. The highest BCUT2D eigenvalue weighted by Crippen LogP contribution is 2.29. The monoisotopic (exact) mass is 278 g/mol. The van der Waals surface area contributed by atoms with Gasteiger partial charge in [0.25, 0.3) is 0 Å². The van der Waals surface area contributed by atoms with E-state index in [0.29, 0.717) is 18.7 Å². The average molecular weight is 278 g/mol. The highest BCUT2D eigenvalue weighted by atomic mass is 19.1. The number of rotatable bonds is 3. The van der Waals surface area contributed by atoms with Crippen LogP contribution in [0.3, 0.4) is 0 Å². The van der Waals surface area contributed by atoms with Gasteiger partial charge in [0.1, 0.15) is 5.82 Å². The standard InChI is InChI=1S/C16H23FN2O/c17-14-8-12(10-18)7-13(9-14)11-19-5-6-20-16-4-2-1-3-15(16)19/h7-9,15-16H,1-6,10-11,18H2. The lowest BCUT2D eigenvalue weighted by molar-refractivity contribution is -0.0911. The normalized spacial score (nSPS) is 27.3. The second kappa shape index (κ2) is 6.20. The quantitative estimate of drug-likeness (QED) is 0.923. The fourth-order valence-electron chi connectivity index (χ4n) is 3.53. The average Bonchev–Trinajstić information content (AvgIpc) is 2.47. The molecular formula is C16H23FN2O. The molecule has 1 aliphatic heterocycles. The van der Waals surface area contributed by atoms with Crippen LogP contribution in [0.15, 0.2) is 18.2 Å². The van der Waals surface area contributed by atoms with Crippen molar-refractivity contribution in [3.63, 3.8) is 0 Å². The first-order valence-corrected chi connectivity index (χ1v) is 7.60. The summed E-state index contributed by atoms with van der Waals surface area (Å²) in [6.45, 7) is 2.92. The molecule has 3 nitrogen and oxygen atoms in total. The van der Waals surface area contributed by atoms with Crippen LogP contribution >= 0.6 is 0 Å². The van der Waals surface area contributed by atoms with Crippen LogP contribution in [0.2, 0.25) is 0 Å². The number of morpholine rings is 1. The maximum Gasteiger partial charge on any atom is 0.123 e. The van der Waals surface area contributed by atoms with Crippen molar-refractivity contribution in [3.05, 3.63) is 35.1 Å².